The predicted molar refractivity (Wildman–Crippen MR) is 59.9 cm³/mol. The molecule has 16 heavy (non-hydrogen) atoms. The fraction of sp³-hybridized carbons (Fsp3) is 0.500. The molecule has 0 aromatic rings. The van der Waals surface area contributed by atoms with Crippen molar-refractivity contribution < 1.29 is 14.4 Å². The van der Waals surface area contributed by atoms with E-state index in [1.54, 1.807) is 14.1 Å². The fourth-order valence-electron chi connectivity index (χ4n) is 1.26. The molecule has 8 heteroatoms. The van der Waals surface area contributed by atoms with Crippen molar-refractivity contribution in [2.24, 2.45) is 10.7 Å². The third-order valence-electron chi connectivity index (χ3n) is 1.97. The molecular formula is C8H12N4O3S. The summed E-state index contributed by atoms with van der Waals surface area (Å²) in [5, 5.41) is 1.93. The topological polar surface area (TPSA) is 105 Å². The number of primary amides is 1. The smallest absolute Gasteiger partial charge is 0.318 e. The van der Waals surface area contributed by atoms with Gasteiger partial charge in [0.1, 0.15) is 5.25 Å². The molecule has 1 aliphatic heterocycles. The Kier molecular flexibility index (Phi) is 3.88. The quantitative estimate of drug-likeness (QED) is 0.658. The first kappa shape index (κ1) is 12.5. The lowest BCUT2D eigenvalue weighted by atomic mass is 10.2. The summed E-state index contributed by atoms with van der Waals surface area (Å²) in [4.78, 5) is 38.5. The van der Waals surface area contributed by atoms with Crippen LogP contribution in [0.15, 0.2) is 4.99 Å². The van der Waals surface area contributed by atoms with Crippen LogP contribution in [-0.4, -0.2) is 47.3 Å². The van der Waals surface area contributed by atoms with Crippen LogP contribution in [0.4, 0.5) is 4.79 Å². The highest BCUT2D eigenvalue weighted by atomic mass is 32.2. The van der Waals surface area contributed by atoms with Gasteiger partial charge in [0, 0.05) is 20.5 Å². The SMILES string of the molecule is CN=C1S[C@H](CC(=O)NC(N)=O)C(=O)N1C. The van der Waals surface area contributed by atoms with Gasteiger partial charge in [0.25, 0.3) is 0 Å². The van der Waals surface area contributed by atoms with Crippen molar-refractivity contribution in [2.75, 3.05) is 14.1 Å². The molecule has 4 amide bonds. The van der Waals surface area contributed by atoms with Crippen molar-refractivity contribution in [1.29, 1.82) is 0 Å². The lowest BCUT2D eigenvalue weighted by molar-refractivity contribution is -0.128. The van der Waals surface area contributed by atoms with Crippen molar-refractivity contribution in [3.63, 3.8) is 0 Å². The average molecular weight is 244 g/mol. The summed E-state index contributed by atoms with van der Waals surface area (Å²) >= 11 is 1.20. The van der Waals surface area contributed by atoms with Gasteiger partial charge in [-0.15, -0.1) is 0 Å². The van der Waals surface area contributed by atoms with Crippen LogP contribution in [0, 0.1) is 0 Å². The van der Waals surface area contributed by atoms with Crippen LogP contribution in [0.2, 0.25) is 0 Å². The van der Waals surface area contributed by atoms with E-state index in [9.17, 15) is 14.4 Å². The highest BCUT2D eigenvalue weighted by molar-refractivity contribution is 8.15. The molecule has 1 fully saturated rings. The molecule has 3 N–H and O–H groups in total. The first-order valence-corrected chi connectivity index (χ1v) is 5.34. The second-order valence-electron chi connectivity index (χ2n) is 3.13. The molecule has 0 unspecified atom stereocenters. The molecule has 1 atom stereocenters. The van der Waals surface area contributed by atoms with Crippen molar-refractivity contribution in [2.45, 2.75) is 11.7 Å². The van der Waals surface area contributed by atoms with Crippen LogP contribution in [0.3, 0.4) is 0 Å². The molecule has 7 nitrogen and oxygen atoms in total. The van der Waals surface area contributed by atoms with E-state index in [-0.39, 0.29) is 12.3 Å². The van der Waals surface area contributed by atoms with Crippen molar-refractivity contribution >= 4 is 34.8 Å². The number of aliphatic imine (C=N–C) groups is 1. The number of nitrogens with zero attached hydrogens (tertiary/aromatic N) is 2. The van der Waals surface area contributed by atoms with Crippen LogP contribution in [0.25, 0.3) is 0 Å². The number of imide groups is 1. The van der Waals surface area contributed by atoms with E-state index in [0.717, 1.165) is 0 Å². The number of carbonyl (C=O) groups excluding carboxylic acids is 3. The van der Waals surface area contributed by atoms with Gasteiger partial charge in [0.2, 0.25) is 11.8 Å². The number of amides is 4. The molecule has 0 spiro atoms. The molecule has 0 aromatic heterocycles. The number of nitrogens with two attached hydrogens (primary N) is 1. The Morgan fingerprint density at radius 2 is 2.25 bits per heavy atom. The Bertz CT molecular complexity index is 368. The molecule has 1 aliphatic rings. The lowest BCUT2D eigenvalue weighted by Crippen LogP contribution is -2.38. The molecule has 1 rings (SSSR count). The third-order valence-corrected chi connectivity index (χ3v) is 3.29. The van der Waals surface area contributed by atoms with E-state index in [1.165, 1.54) is 16.7 Å². The van der Waals surface area contributed by atoms with Crippen LogP contribution < -0.4 is 11.1 Å². The Morgan fingerprint density at radius 1 is 1.62 bits per heavy atom. The van der Waals surface area contributed by atoms with Crippen molar-refractivity contribution in [1.82, 2.24) is 10.2 Å². The first-order chi connectivity index (χ1) is 7.45. The fourth-order valence-corrected chi connectivity index (χ4v) is 2.36. The van der Waals surface area contributed by atoms with Crippen LogP contribution >= 0.6 is 11.8 Å². The molecule has 1 heterocycles. The minimum absolute atomic E-state index is 0.0875. The number of hydrogen-bond donors (Lipinski definition) is 2. The van der Waals surface area contributed by atoms with Crippen molar-refractivity contribution in [3.05, 3.63) is 0 Å². The number of urea groups is 1. The summed E-state index contributed by atoms with van der Waals surface area (Å²) in [7, 11) is 3.15. The molecule has 1 saturated heterocycles. The average Bonchev–Trinajstić information content (AvgIpc) is 2.44. The molecule has 0 aromatic carbocycles. The van der Waals surface area contributed by atoms with E-state index in [4.69, 9.17) is 5.73 Å². The number of nitrogens with one attached hydrogen (secondary N) is 1. The van der Waals surface area contributed by atoms with Gasteiger partial charge in [-0.3, -0.25) is 24.8 Å². The third kappa shape index (κ3) is 2.72. The highest BCUT2D eigenvalue weighted by Crippen LogP contribution is 2.27. The summed E-state index contributed by atoms with van der Waals surface area (Å²) < 4.78 is 0. The molecule has 0 saturated carbocycles. The lowest BCUT2D eigenvalue weighted by Gasteiger charge is -2.07. The standard InChI is InChI=1S/C8H12N4O3S/c1-10-8-12(2)6(14)4(16-8)3-5(13)11-7(9)15/h4H,3H2,1-2H3,(H3,9,11,13,15)/t4-/m1/s1. The summed E-state index contributed by atoms with van der Waals surface area (Å²) in [6.45, 7) is 0. The van der Waals surface area contributed by atoms with Crippen LogP contribution in [0.5, 0.6) is 0 Å². The highest BCUT2D eigenvalue weighted by Gasteiger charge is 2.36. The van der Waals surface area contributed by atoms with Gasteiger partial charge >= 0.3 is 6.03 Å². The number of thioether (sulfide) groups is 1. The maximum Gasteiger partial charge on any atom is 0.318 e. The van der Waals surface area contributed by atoms with Gasteiger partial charge in [-0.25, -0.2) is 4.79 Å². The van der Waals surface area contributed by atoms with E-state index in [0.29, 0.717) is 5.17 Å². The Balaban J connectivity index is 2.60. The van der Waals surface area contributed by atoms with Crippen LogP contribution in [0.1, 0.15) is 6.42 Å². The van der Waals surface area contributed by atoms with Crippen LogP contribution in [-0.2, 0) is 9.59 Å². The van der Waals surface area contributed by atoms with Gasteiger partial charge in [-0.05, 0) is 0 Å². The van der Waals surface area contributed by atoms with Crippen molar-refractivity contribution in [3.8, 4) is 0 Å². The van der Waals surface area contributed by atoms with E-state index in [2.05, 4.69) is 4.99 Å². The van der Waals surface area contributed by atoms with Gasteiger partial charge in [-0.2, -0.15) is 0 Å². The minimum atomic E-state index is -0.918. The molecule has 88 valence electrons. The molecular weight excluding hydrogens is 232 g/mol. The van der Waals surface area contributed by atoms with Gasteiger partial charge < -0.3 is 5.73 Å². The number of rotatable bonds is 2. The number of hydrogen-bond acceptors (Lipinski definition) is 5. The minimum Gasteiger partial charge on any atom is -0.351 e. The second-order valence-corrected chi connectivity index (χ2v) is 4.30. The number of amidine groups is 1. The van der Waals surface area contributed by atoms with E-state index < -0.39 is 17.2 Å². The largest absolute Gasteiger partial charge is 0.351 e. The van der Waals surface area contributed by atoms with E-state index >= 15 is 0 Å². The van der Waals surface area contributed by atoms with Gasteiger partial charge in [0.05, 0.1) is 0 Å². The predicted octanol–water partition coefficient (Wildman–Crippen LogP) is -0.869. The number of carbonyl (C=O) groups is 3. The molecule has 0 bridgehead atoms. The van der Waals surface area contributed by atoms with Gasteiger partial charge in [0.15, 0.2) is 5.17 Å². The zero-order valence-corrected chi connectivity index (χ0v) is 9.71. The second kappa shape index (κ2) is 4.97. The zero-order chi connectivity index (χ0) is 12.3. The Labute approximate surface area is 96.4 Å². The summed E-state index contributed by atoms with van der Waals surface area (Å²) in [5.74, 6) is -0.769. The summed E-state index contributed by atoms with van der Waals surface area (Å²) in [6.07, 6.45) is -0.0875. The Morgan fingerprint density at radius 3 is 2.69 bits per heavy atom. The monoisotopic (exact) mass is 244 g/mol. The molecule has 0 aliphatic carbocycles. The summed E-state index contributed by atoms with van der Waals surface area (Å²) in [5.41, 5.74) is 4.79. The Hall–Kier alpha value is -1.57. The maximum absolute atomic E-state index is 11.6. The summed E-state index contributed by atoms with van der Waals surface area (Å²) in [6, 6.07) is -0.918. The van der Waals surface area contributed by atoms with Gasteiger partial charge in [-0.1, -0.05) is 11.8 Å². The first-order valence-electron chi connectivity index (χ1n) is 4.46. The zero-order valence-electron chi connectivity index (χ0n) is 8.89. The molecule has 0 radical (unpaired) electrons. The normalized spacial score (nSPS) is 22.6. The van der Waals surface area contributed by atoms with E-state index in [1.807, 2.05) is 5.32 Å². The maximum atomic E-state index is 11.6.